The third-order valence-electron chi connectivity index (χ3n) is 7.77. The summed E-state index contributed by atoms with van der Waals surface area (Å²) >= 11 is 13.3. The third kappa shape index (κ3) is 4.83. The van der Waals surface area contributed by atoms with E-state index in [0.717, 1.165) is 19.0 Å². The Balaban J connectivity index is 1.77. The van der Waals surface area contributed by atoms with Crippen LogP contribution in [-0.4, -0.2) is 33.9 Å². The Morgan fingerprint density at radius 1 is 0.583 bits per heavy atom. The maximum atomic E-state index is 6.64. The predicted octanol–water partition coefficient (Wildman–Crippen LogP) is 5.76. The van der Waals surface area contributed by atoms with Crippen molar-refractivity contribution in [3.05, 3.63) is 121 Å². The van der Waals surface area contributed by atoms with E-state index in [9.17, 15) is 0 Å². The van der Waals surface area contributed by atoms with Crippen molar-refractivity contribution in [3.63, 3.8) is 0 Å². The van der Waals surface area contributed by atoms with Crippen LogP contribution in [0.15, 0.2) is 121 Å². The SMILES string of the molecule is C[Si](Cl)(Cl)CCCN1[Si](c2ccccc2)(c2ccccc2)CC[Si]1(c1ccccc1)c1ccccc1. The molecule has 0 unspecified atom stereocenters. The largest absolute Gasteiger partial charge is 0.331 e. The van der Waals surface area contributed by atoms with E-state index in [2.05, 4.69) is 132 Å². The Hall–Kier alpha value is -1.93. The highest BCUT2D eigenvalue weighted by Crippen LogP contribution is 2.38. The van der Waals surface area contributed by atoms with Crippen LogP contribution in [0.3, 0.4) is 0 Å². The first-order valence-corrected chi connectivity index (χ1v) is 21.9. The van der Waals surface area contributed by atoms with Crippen molar-refractivity contribution < 1.29 is 0 Å². The van der Waals surface area contributed by atoms with Crippen LogP contribution < -0.4 is 20.7 Å². The number of hydrogen-bond acceptors (Lipinski definition) is 1. The van der Waals surface area contributed by atoms with E-state index in [1.807, 2.05) is 0 Å². The van der Waals surface area contributed by atoms with Gasteiger partial charge in [0.25, 0.3) is 0 Å². The van der Waals surface area contributed by atoms with Crippen molar-refractivity contribution in [1.29, 1.82) is 0 Å². The monoisotopic (exact) mass is 561 g/mol. The summed E-state index contributed by atoms with van der Waals surface area (Å²) in [5.41, 5.74) is 0. The van der Waals surface area contributed by atoms with E-state index in [1.54, 1.807) is 0 Å². The molecular formula is C30H33Cl2NSi3. The van der Waals surface area contributed by atoms with Gasteiger partial charge in [-0.25, -0.2) is 0 Å². The number of halogens is 2. The van der Waals surface area contributed by atoms with E-state index in [4.69, 9.17) is 22.2 Å². The highest BCUT2D eigenvalue weighted by atomic mass is 35.7. The van der Waals surface area contributed by atoms with Gasteiger partial charge in [-0.15, -0.1) is 22.2 Å². The summed E-state index contributed by atoms with van der Waals surface area (Å²) in [6, 6.07) is 48.8. The zero-order chi connectivity index (χ0) is 25.1. The van der Waals surface area contributed by atoms with Gasteiger partial charge in [0.1, 0.15) is 0 Å². The molecule has 0 bridgehead atoms. The summed E-state index contributed by atoms with van der Waals surface area (Å²) in [6.07, 6.45) is 1.03. The average Bonchev–Trinajstić information content (AvgIpc) is 3.27. The third-order valence-corrected chi connectivity index (χ3v) is 22.3. The molecule has 0 atom stereocenters. The normalized spacial score (nSPS) is 17.2. The molecule has 184 valence electrons. The fourth-order valence-electron chi connectivity index (χ4n) is 6.28. The van der Waals surface area contributed by atoms with Crippen LogP contribution in [0.2, 0.25) is 24.7 Å². The van der Waals surface area contributed by atoms with Crippen molar-refractivity contribution in [3.8, 4) is 0 Å². The molecule has 0 aliphatic carbocycles. The molecule has 1 aliphatic heterocycles. The minimum Gasteiger partial charge on any atom is -0.331 e. The van der Waals surface area contributed by atoms with E-state index < -0.39 is 23.2 Å². The lowest BCUT2D eigenvalue weighted by molar-refractivity contribution is 0.626. The quantitative estimate of drug-likeness (QED) is 0.195. The molecule has 1 aliphatic rings. The van der Waals surface area contributed by atoms with Crippen molar-refractivity contribution in [1.82, 2.24) is 4.23 Å². The maximum absolute atomic E-state index is 6.64. The predicted molar refractivity (Wildman–Crippen MR) is 165 cm³/mol. The molecule has 1 saturated heterocycles. The first-order valence-electron chi connectivity index (χ1n) is 12.8. The van der Waals surface area contributed by atoms with E-state index >= 15 is 0 Å². The molecule has 0 aromatic heterocycles. The van der Waals surface area contributed by atoms with Crippen molar-refractivity contribution in [2.24, 2.45) is 0 Å². The summed E-state index contributed by atoms with van der Waals surface area (Å²) in [5, 5.41) is 6.03. The van der Waals surface area contributed by atoms with Crippen molar-refractivity contribution >= 4 is 66.1 Å². The molecule has 1 heterocycles. The fourth-order valence-corrected chi connectivity index (χ4v) is 23.2. The van der Waals surface area contributed by atoms with Gasteiger partial charge in [-0.2, -0.15) is 0 Å². The Morgan fingerprint density at radius 3 is 1.17 bits per heavy atom. The summed E-state index contributed by atoms with van der Waals surface area (Å²) in [5.74, 6) is 0. The summed E-state index contributed by atoms with van der Waals surface area (Å²) < 4.78 is 3.06. The number of benzene rings is 4. The number of hydrogen-bond donors (Lipinski definition) is 0. The lowest BCUT2D eigenvalue weighted by Gasteiger charge is -2.47. The Morgan fingerprint density at radius 2 is 0.889 bits per heavy atom. The summed E-state index contributed by atoms with van der Waals surface area (Å²) in [7, 11) is -4.57. The van der Waals surface area contributed by atoms with Crippen molar-refractivity contribution in [2.75, 3.05) is 6.54 Å². The van der Waals surface area contributed by atoms with Crippen LogP contribution in [0.1, 0.15) is 6.42 Å². The minimum absolute atomic E-state index is 0.911. The molecule has 0 amide bonds. The lowest BCUT2D eigenvalue weighted by Crippen LogP contribution is -2.78. The van der Waals surface area contributed by atoms with Gasteiger partial charge in [0.15, 0.2) is 16.5 Å². The summed E-state index contributed by atoms with van der Waals surface area (Å²) in [6.45, 7) is 0.885. The van der Waals surface area contributed by atoms with Crippen LogP contribution in [0.25, 0.3) is 0 Å². The molecule has 0 spiro atoms. The molecule has 0 radical (unpaired) electrons. The maximum Gasteiger partial charge on any atom is 0.248 e. The van der Waals surface area contributed by atoms with Crippen LogP contribution in [0.5, 0.6) is 0 Å². The van der Waals surface area contributed by atoms with Gasteiger partial charge in [-0.1, -0.05) is 121 Å². The molecule has 5 rings (SSSR count). The molecule has 6 heteroatoms. The Labute approximate surface area is 228 Å². The van der Waals surface area contributed by atoms with Gasteiger partial charge >= 0.3 is 0 Å². The average molecular weight is 563 g/mol. The van der Waals surface area contributed by atoms with Gasteiger partial charge in [0, 0.05) is 0 Å². The molecule has 36 heavy (non-hydrogen) atoms. The van der Waals surface area contributed by atoms with Gasteiger partial charge in [-0.05, 0) is 58.4 Å². The van der Waals surface area contributed by atoms with E-state index in [0.29, 0.717) is 0 Å². The summed E-state index contributed by atoms with van der Waals surface area (Å²) in [4.78, 5) is 0. The second-order valence-corrected chi connectivity index (χ2v) is 26.5. The number of rotatable bonds is 8. The Bertz CT molecular complexity index is 1080. The highest BCUT2D eigenvalue weighted by molar-refractivity contribution is 7.44. The minimum atomic E-state index is -2.29. The fraction of sp³-hybridized carbons (Fsp3) is 0.200. The van der Waals surface area contributed by atoms with Gasteiger partial charge in [0.2, 0.25) is 6.69 Å². The smallest absolute Gasteiger partial charge is 0.248 e. The van der Waals surface area contributed by atoms with Crippen LogP contribution in [-0.2, 0) is 0 Å². The van der Waals surface area contributed by atoms with Crippen molar-refractivity contribution in [2.45, 2.75) is 31.1 Å². The topological polar surface area (TPSA) is 3.24 Å². The van der Waals surface area contributed by atoms with Crippen LogP contribution in [0, 0.1) is 0 Å². The number of nitrogens with zero attached hydrogens (tertiary/aromatic N) is 1. The van der Waals surface area contributed by atoms with Crippen LogP contribution >= 0.6 is 22.2 Å². The first kappa shape index (κ1) is 25.7. The molecular weight excluding hydrogens is 530 g/mol. The first-order chi connectivity index (χ1) is 17.5. The molecule has 1 fully saturated rings. The van der Waals surface area contributed by atoms with Crippen LogP contribution in [0.4, 0.5) is 0 Å². The molecule has 1 nitrogen and oxygen atoms in total. The van der Waals surface area contributed by atoms with E-state index in [1.165, 1.54) is 32.8 Å². The molecule has 0 N–H and O–H groups in total. The molecule has 4 aromatic rings. The molecule has 4 aromatic carbocycles. The van der Waals surface area contributed by atoms with Gasteiger partial charge in [0.05, 0.1) is 0 Å². The lowest BCUT2D eigenvalue weighted by atomic mass is 10.4. The second-order valence-electron chi connectivity index (χ2n) is 10.0. The Kier molecular flexibility index (Phi) is 7.73. The van der Waals surface area contributed by atoms with Gasteiger partial charge in [-0.3, -0.25) is 0 Å². The molecule has 0 saturated carbocycles. The second kappa shape index (κ2) is 10.8. The highest BCUT2D eigenvalue weighted by Gasteiger charge is 2.60. The van der Waals surface area contributed by atoms with Gasteiger partial charge < -0.3 is 4.23 Å². The standard InChI is InChI=1S/C30H33Cl2NSi3/c1-34(31,32)24-14-23-33-35(27-15-6-2-7-16-27,28-17-8-3-9-18-28)25-26-36(33,29-19-10-4-11-20-29)30-21-12-5-13-22-30/h2-13,15-22H,14,23-26H2,1H3. The zero-order valence-corrected chi connectivity index (χ0v) is 25.3. The zero-order valence-electron chi connectivity index (χ0n) is 20.8. The van der Waals surface area contributed by atoms with E-state index in [-0.39, 0.29) is 0 Å².